The summed E-state index contributed by atoms with van der Waals surface area (Å²) in [7, 11) is 0. The zero-order valence-corrected chi connectivity index (χ0v) is 69.9. The molecular formula is C82H109FN20O23. The summed E-state index contributed by atoms with van der Waals surface area (Å²) in [5, 5.41) is 96.1. The number of unbranched alkanes of at least 4 members (excludes halogenated alkanes) is 1. The molecule has 2 heterocycles. The number of carboxylic acids is 1. The SMILES string of the molecule is CC(=O)N[C@@H](CC(C)C)C(=O)N[C@H](C(=O)N[C@@H](Cc1ccc(F)cc1)C(=O)N[C@@H](CCC(=O)O)C(=O)N[C@@H](Cc1c[nH]cn1)C(=O)N[C@@H](Cc1ccc(O)cc1)C(=O)N[C@@H](Cc1c[nH]c2ccccc12)C(=O)N[C@@H](C)C(=O)N[C@@H](CCC(N)=O)C(=O)N[C@@H](Cc1ccc([N+](=O)[O-])cc1)C(=O)N[C@H](C(=O)N[C@@H](CO)C(=O)N[C@@H](CCCCN)C(N)=O)[C@@H](C)O)[C@@H](C)O. The van der Waals surface area contributed by atoms with E-state index in [1.165, 1.54) is 67.3 Å². The summed E-state index contributed by atoms with van der Waals surface area (Å²) in [4.78, 5) is 244. The van der Waals surface area contributed by atoms with Crippen LogP contribution < -0.4 is 86.3 Å². The van der Waals surface area contributed by atoms with Crippen LogP contribution in [0.5, 0.6) is 5.75 Å². The van der Waals surface area contributed by atoms with Crippen LogP contribution in [0.2, 0.25) is 0 Å². The first-order valence-corrected chi connectivity index (χ1v) is 40.3. The number of nitro benzene ring substituents is 1. The summed E-state index contributed by atoms with van der Waals surface area (Å²) in [5.74, 6) is -18.9. The van der Waals surface area contributed by atoms with Gasteiger partial charge in [0.15, 0.2) is 0 Å². The number of phenolic OH excluding ortho intramolecular Hbond substituents is 1. The molecule has 0 saturated carbocycles. The van der Waals surface area contributed by atoms with E-state index in [9.17, 15) is 102 Å². The number of benzene rings is 4. The van der Waals surface area contributed by atoms with Gasteiger partial charge < -0.3 is 122 Å². The number of hydrogen-bond acceptors (Lipinski definition) is 24. The number of aliphatic hydroxyl groups is 3. The molecular weight excluding hydrogens is 1650 g/mol. The molecule has 126 heavy (non-hydrogen) atoms. The van der Waals surface area contributed by atoms with E-state index in [-0.39, 0.29) is 65.5 Å². The molecule has 2 aromatic heterocycles. The minimum atomic E-state index is -1.99. The molecule has 43 nitrogen and oxygen atoms in total. The van der Waals surface area contributed by atoms with Crippen LogP contribution in [0, 0.1) is 21.8 Å². The number of aliphatic carboxylic acids is 1. The first-order valence-electron chi connectivity index (χ1n) is 40.3. The monoisotopic (exact) mass is 1760 g/mol. The van der Waals surface area contributed by atoms with Crippen LogP contribution in [0.4, 0.5) is 10.1 Å². The molecule has 0 spiro atoms. The second kappa shape index (κ2) is 49.4. The van der Waals surface area contributed by atoms with E-state index in [1.54, 1.807) is 38.1 Å². The quantitative estimate of drug-likeness (QED) is 0.00984. The summed E-state index contributed by atoms with van der Waals surface area (Å²) in [6.45, 7) is 7.21. The smallest absolute Gasteiger partial charge is 0.303 e. The number of non-ortho nitro benzene ring substituents is 1. The van der Waals surface area contributed by atoms with Gasteiger partial charge >= 0.3 is 5.97 Å². The van der Waals surface area contributed by atoms with Crippen LogP contribution in [0.3, 0.4) is 0 Å². The molecule has 15 atom stereocenters. The number of nitro groups is 1. The van der Waals surface area contributed by atoms with Gasteiger partial charge in [0.1, 0.15) is 90.1 Å². The molecule has 0 saturated heterocycles. The van der Waals surface area contributed by atoms with Crippen molar-refractivity contribution in [3.8, 4) is 5.75 Å². The van der Waals surface area contributed by atoms with E-state index < -0.39 is 254 Å². The number of hydrogen-bond donors (Lipinski definition) is 23. The number of amides is 15. The highest BCUT2D eigenvalue weighted by molar-refractivity contribution is 6.01. The second-order valence-corrected chi connectivity index (χ2v) is 30.6. The Labute approximate surface area is 721 Å². The average molecular weight is 1760 g/mol. The molecule has 0 aliphatic carbocycles. The van der Waals surface area contributed by atoms with E-state index in [1.807, 2.05) is 0 Å². The summed E-state index contributed by atoms with van der Waals surface area (Å²) in [5.41, 5.74) is 17.9. The van der Waals surface area contributed by atoms with Crippen LogP contribution in [-0.4, -0.2) is 244 Å². The number of nitrogens with two attached hydrogens (primary N) is 3. The third kappa shape index (κ3) is 32.7. The topological polar surface area (TPSA) is 696 Å². The van der Waals surface area contributed by atoms with Gasteiger partial charge in [-0.15, -0.1) is 0 Å². The summed E-state index contributed by atoms with van der Waals surface area (Å²) in [6, 6.07) is -1.17. The zero-order valence-electron chi connectivity index (χ0n) is 69.9. The predicted octanol–water partition coefficient (Wildman–Crippen LogP) is -3.96. The number of fused-ring (bicyclic) bond motifs is 1. The van der Waals surface area contributed by atoms with Crippen LogP contribution in [0.15, 0.2) is 116 Å². The lowest BCUT2D eigenvalue weighted by molar-refractivity contribution is -0.384. The van der Waals surface area contributed by atoms with Crippen molar-refractivity contribution in [3.05, 3.63) is 160 Å². The lowest BCUT2D eigenvalue weighted by atomic mass is 10.0. The third-order valence-electron chi connectivity index (χ3n) is 19.8. The van der Waals surface area contributed by atoms with Gasteiger partial charge in [0.2, 0.25) is 88.6 Å². The maximum Gasteiger partial charge on any atom is 0.303 e. The second-order valence-electron chi connectivity index (χ2n) is 30.6. The molecule has 6 rings (SSSR count). The van der Waals surface area contributed by atoms with Gasteiger partial charge in [-0.25, -0.2) is 9.37 Å². The minimum absolute atomic E-state index is 0.0358. The van der Waals surface area contributed by atoms with Crippen LogP contribution >= 0.6 is 0 Å². The number of aromatic hydroxyl groups is 1. The fraction of sp³-hybridized carbons (Fsp3) is 0.451. The summed E-state index contributed by atoms with van der Waals surface area (Å²) in [6.07, 6.45) is -3.51. The Morgan fingerprint density at radius 1 is 0.484 bits per heavy atom. The first kappa shape index (κ1) is 101. The standard InChI is InChI=1S/C82H109FN20O23/c1-41(2)31-59(91-45(6)107)78(120)101-68(43(4)105)81(123)99-61(32-46-14-20-50(83)21-15-46)75(117)94-58(27-29-67(110)111)73(115)98-64(36-51-38-87-40-89-51)77(119)96-60(34-48-18-24-53(108)25-19-48)76(118)97-63(35-49-37-88-55-12-8-7-11-54(49)55)74(116)90-42(3)71(113)93-57(26-28-66(85)109)72(114)95-62(33-47-16-22-52(23-17-47)103(125)126)79(121)102-69(44(5)106)82(124)100-65(39-104)80(122)92-56(70(86)112)13-9-10-30-84/h7-8,11-12,14-25,37-38,40-44,56-65,68-69,88,104-106,108H,9-10,13,26-36,39,84H2,1-6H3,(H2,85,109)(H2,86,112)(H,87,89)(H,90,116)(H,91,107)(H,92,122)(H,93,113)(H,94,117)(H,95,114)(H,96,119)(H,97,118)(H,98,115)(H,99,123)(H,100,124)(H,101,120)(H,102,121)(H,110,111)/t42-,43+,44+,56-,57-,58-,59-,60-,61-,62-,63-,64-,65-,68-,69-/m0/s1. The fourth-order valence-electron chi connectivity index (χ4n) is 13.1. The van der Waals surface area contributed by atoms with Gasteiger partial charge in [0, 0.05) is 87.3 Å². The van der Waals surface area contributed by atoms with Crippen LogP contribution in [-0.2, 0) is 109 Å². The summed E-state index contributed by atoms with van der Waals surface area (Å²) >= 11 is 0. The summed E-state index contributed by atoms with van der Waals surface area (Å²) < 4.78 is 14.3. The van der Waals surface area contributed by atoms with Crippen molar-refractivity contribution in [1.82, 2.24) is 84.1 Å². The number of nitrogens with one attached hydrogen (secondary N) is 15. The van der Waals surface area contributed by atoms with Gasteiger partial charge in [-0.3, -0.25) is 86.8 Å². The molecule has 26 N–H and O–H groups in total. The average Bonchev–Trinajstić information content (AvgIpc) is 1.62. The van der Waals surface area contributed by atoms with Crippen molar-refractivity contribution in [2.45, 2.75) is 216 Å². The molecule has 0 unspecified atom stereocenters. The van der Waals surface area contributed by atoms with E-state index in [0.29, 0.717) is 29.3 Å². The first-order chi connectivity index (χ1) is 59.6. The Kier molecular flexibility index (Phi) is 39.6. The minimum Gasteiger partial charge on any atom is -0.508 e. The Hall–Kier alpha value is -13.9. The molecule has 682 valence electrons. The Bertz CT molecular complexity index is 4780. The number of carbonyl (C=O) groups excluding carboxylic acids is 15. The van der Waals surface area contributed by atoms with Crippen molar-refractivity contribution < 1.29 is 112 Å². The van der Waals surface area contributed by atoms with E-state index in [0.717, 1.165) is 52.0 Å². The number of aliphatic hydroxyl groups excluding tert-OH is 3. The zero-order chi connectivity index (χ0) is 93.2. The van der Waals surface area contributed by atoms with Crippen molar-refractivity contribution in [2.75, 3.05) is 13.2 Å². The number of phenols is 1. The Morgan fingerprint density at radius 2 is 0.913 bits per heavy atom. The molecule has 15 amide bonds. The molecule has 44 heteroatoms. The third-order valence-corrected chi connectivity index (χ3v) is 19.8. The molecule has 0 radical (unpaired) electrons. The number of imidazole rings is 1. The Morgan fingerprint density at radius 3 is 1.38 bits per heavy atom. The number of rotatable bonds is 52. The number of aromatic nitrogens is 3. The van der Waals surface area contributed by atoms with Crippen molar-refractivity contribution in [1.29, 1.82) is 0 Å². The Balaban J connectivity index is 1.30. The number of para-hydroxylation sites is 1. The maximum absolute atomic E-state index is 15.3. The number of aromatic amines is 2. The highest BCUT2D eigenvalue weighted by Gasteiger charge is 2.40. The maximum atomic E-state index is 15.3. The van der Waals surface area contributed by atoms with Crippen molar-refractivity contribution >= 4 is 111 Å². The molecule has 0 fully saturated rings. The van der Waals surface area contributed by atoms with Crippen molar-refractivity contribution in [3.63, 3.8) is 0 Å². The number of carbonyl (C=O) groups is 16. The van der Waals surface area contributed by atoms with Gasteiger partial charge in [-0.1, -0.05) is 68.4 Å². The highest BCUT2D eigenvalue weighted by Crippen LogP contribution is 2.22. The van der Waals surface area contributed by atoms with Gasteiger partial charge in [-0.05, 0) is 124 Å². The number of carboxylic acid groups (broad SMARTS) is 1. The molecule has 4 aromatic carbocycles. The fourth-order valence-corrected chi connectivity index (χ4v) is 13.1. The predicted molar refractivity (Wildman–Crippen MR) is 447 cm³/mol. The normalized spacial score (nSPS) is 14.8. The number of primary amides is 2. The van der Waals surface area contributed by atoms with E-state index in [4.69, 9.17) is 17.2 Å². The van der Waals surface area contributed by atoms with Crippen LogP contribution in [0.25, 0.3) is 10.9 Å². The van der Waals surface area contributed by atoms with Crippen molar-refractivity contribution in [2.24, 2.45) is 23.1 Å². The molecule has 0 bridgehead atoms. The number of H-pyrrole nitrogens is 2. The van der Waals surface area contributed by atoms with Gasteiger partial charge in [0.05, 0.1) is 35.8 Å². The van der Waals surface area contributed by atoms with E-state index >= 15 is 14.4 Å². The molecule has 0 aliphatic rings. The van der Waals surface area contributed by atoms with E-state index in [2.05, 4.69) is 84.1 Å². The largest absolute Gasteiger partial charge is 0.508 e. The lowest BCUT2D eigenvalue weighted by Crippen LogP contribution is -2.62. The highest BCUT2D eigenvalue weighted by atomic mass is 19.1. The van der Waals surface area contributed by atoms with Gasteiger partial charge in [0.25, 0.3) is 5.69 Å². The molecule has 0 aliphatic heterocycles. The van der Waals surface area contributed by atoms with Gasteiger partial charge in [-0.2, -0.15) is 0 Å². The lowest BCUT2D eigenvalue weighted by Gasteiger charge is -2.29. The number of halogens is 1. The molecule has 6 aromatic rings. The van der Waals surface area contributed by atoms with Crippen LogP contribution in [0.1, 0.15) is 121 Å². The number of nitrogens with zero attached hydrogens (tertiary/aromatic N) is 2.